The number of nitrogens with one attached hydrogen (secondary N) is 1. The number of benzene rings is 1. The molecule has 86 valence electrons. The molecule has 5 nitrogen and oxygen atoms in total. The summed E-state index contributed by atoms with van der Waals surface area (Å²) >= 11 is 0. The van der Waals surface area contributed by atoms with Crippen LogP contribution < -0.4 is 5.32 Å². The highest BCUT2D eigenvalue weighted by Crippen LogP contribution is 2.11. The van der Waals surface area contributed by atoms with Gasteiger partial charge in [0.1, 0.15) is 0 Å². The van der Waals surface area contributed by atoms with Crippen LogP contribution in [0.5, 0.6) is 0 Å². The van der Waals surface area contributed by atoms with E-state index in [1.807, 2.05) is 0 Å². The summed E-state index contributed by atoms with van der Waals surface area (Å²) in [6, 6.07) is 8.09. The van der Waals surface area contributed by atoms with Crippen molar-refractivity contribution < 1.29 is 14.1 Å². The van der Waals surface area contributed by atoms with Gasteiger partial charge < -0.3 is 9.84 Å². The summed E-state index contributed by atoms with van der Waals surface area (Å²) in [5, 5.41) is 6.07. The van der Waals surface area contributed by atoms with Crippen molar-refractivity contribution in [2.45, 2.75) is 6.92 Å². The first-order valence-corrected chi connectivity index (χ1v) is 5.00. The van der Waals surface area contributed by atoms with Crippen molar-refractivity contribution in [1.82, 2.24) is 5.16 Å². The van der Waals surface area contributed by atoms with Gasteiger partial charge in [0.25, 0.3) is 5.91 Å². The van der Waals surface area contributed by atoms with Crippen molar-refractivity contribution in [1.29, 1.82) is 0 Å². The van der Waals surface area contributed by atoms with Crippen molar-refractivity contribution in [3.63, 3.8) is 0 Å². The maximum absolute atomic E-state index is 11.6. The zero-order valence-corrected chi connectivity index (χ0v) is 9.14. The summed E-state index contributed by atoms with van der Waals surface area (Å²) < 4.78 is 4.71. The summed E-state index contributed by atoms with van der Waals surface area (Å²) in [6.45, 7) is 1.49. The molecule has 0 saturated heterocycles. The topological polar surface area (TPSA) is 72.2 Å². The van der Waals surface area contributed by atoms with Crippen LogP contribution in [-0.2, 0) is 0 Å². The second-order valence-corrected chi connectivity index (χ2v) is 3.46. The molecule has 1 heterocycles. The number of aromatic nitrogens is 1. The summed E-state index contributed by atoms with van der Waals surface area (Å²) in [7, 11) is 0. The number of nitrogens with zero attached hydrogens (tertiary/aromatic N) is 1. The van der Waals surface area contributed by atoms with Gasteiger partial charge in [0.15, 0.2) is 5.78 Å². The molecular weight excluding hydrogens is 220 g/mol. The van der Waals surface area contributed by atoms with Gasteiger partial charge in [0, 0.05) is 17.3 Å². The van der Waals surface area contributed by atoms with Crippen molar-refractivity contribution in [2.24, 2.45) is 0 Å². The molecule has 2 aromatic rings. The predicted molar refractivity (Wildman–Crippen MR) is 60.9 cm³/mol. The Morgan fingerprint density at radius 2 is 1.88 bits per heavy atom. The molecule has 0 spiro atoms. The molecule has 1 aromatic carbocycles. The minimum absolute atomic E-state index is 0.0156. The molecule has 0 bridgehead atoms. The Kier molecular flexibility index (Phi) is 3.00. The Labute approximate surface area is 97.4 Å². The number of carbonyl (C=O) groups excluding carboxylic acids is 2. The lowest BCUT2D eigenvalue weighted by molar-refractivity contribution is 0.0986. The lowest BCUT2D eigenvalue weighted by Gasteiger charge is -2.03. The van der Waals surface area contributed by atoms with Gasteiger partial charge in [0.2, 0.25) is 5.76 Å². The fourth-order valence-corrected chi connectivity index (χ4v) is 1.31. The van der Waals surface area contributed by atoms with Crippen LogP contribution in [0.1, 0.15) is 27.8 Å². The molecule has 17 heavy (non-hydrogen) atoms. The van der Waals surface area contributed by atoms with Crippen LogP contribution in [0.2, 0.25) is 0 Å². The first kappa shape index (κ1) is 11.1. The normalized spacial score (nSPS) is 9.94. The molecule has 1 N–H and O–H groups in total. The zero-order valence-electron chi connectivity index (χ0n) is 9.14. The third-order valence-electron chi connectivity index (χ3n) is 2.21. The molecule has 0 fully saturated rings. The number of rotatable bonds is 3. The monoisotopic (exact) mass is 230 g/mol. The number of hydrogen-bond donors (Lipinski definition) is 1. The number of carbonyl (C=O) groups is 2. The zero-order chi connectivity index (χ0) is 12.3. The van der Waals surface area contributed by atoms with Crippen LogP contribution in [0.3, 0.4) is 0 Å². The van der Waals surface area contributed by atoms with Gasteiger partial charge in [-0.2, -0.15) is 0 Å². The number of anilines is 1. The number of Topliss-reactive ketones (excluding diaryl/α,β-unsaturated/α-hetero) is 1. The van der Waals surface area contributed by atoms with E-state index in [2.05, 4.69) is 10.5 Å². The molecule has 0 radical (unpaired) electrons. The Hall–Kier alpha value is -2.43. The van der Waals surface area contributed by atoms with Gasteiger partial charge in [-0.05, 0) is 31.2 Å². The number of ketones is 1. The molecule has 0 aliphatic carbocycles. The Morgan fingerprint density at radius 3 is 2.41 bits per heavy atom. The quantitative estimate of drug-likeness (QED) is 0.820. The van der Waals surface area contributed by atoms with Crippen LogP contribution in [0.4, 0.5) is 5.69 Å². The van der Waals surface area contributed by atoms with Gasteiger partial charge in [-0.1, -0.05) is 5.16 Å². The third kappa shape index (κ3) is 2.57. The fourth-order valence-electron chi connectivity index (χ4n) is 1.31. The van der Waals surface area contributed by atoms with Crippen molar-refractivity contribution in [3.8, 4) is 0 Å². The molecule has 1 amide bonds. The summed E-state index contributed by atoms with van der Waals surface area (Å²) in [6.07, 6.45) is 1.40. The van der Waals surface area contributed by atoms with E-state index in [0.29, 0.717) is 11.3 Å². The SMILES string of the molecule is CC(=O)c1ccc(NC(=O)c2ccno2)cc1. The molecule has 5 heteroatoms. The summed E-state index contributed by atoms with van der Waals surface area (Å²) in [4.78, 5) is 22.6. The predicted octanol–water partition coefficient (Wildman–Crippen LogP) is 2.13. The molecule has 0 saturated carbocycles. The van der Waals surface area contributed by atoms with E-state index in [0.717, 1.165) is 0 Å². The van der Waals surface area contributed by atoms with Crippen LogP contribution in [0.25, 0.3) is 0 Å². The third-order valence-corrected chi connectivity index (χ3v) is 2.21. The Balaban J connectivity index is 2.09. The summed E-state index contributed by atoms with van der Waals surface area (Å²) in [5.74, 6) is -0.253. The molecule has 1 aromatic heterocycles. The van der Waals surface area contributed by atoms with Crippen molar-refractivity contribution in [2.75, 3.05) is 5.32 Å². The Bertz CT molecular complexity index is 529. The van der Waals surface area contributed by atoms with E-state index in [-0.39, 0.29) is 17.5 Å². The van der Waals surface area contributed by atoms with E-state index < -0.39 is 0 Å². The molecule has 0 unspecified atom stereocenters. The fraction of sp³-hybridized carbons (Fsp3) is 0.0833. The van der Waals surface area contributed by atoms with Crippen LogP contribution in [0, 0.1) is 0 Å². The second kappa shape index (κ2) is 4.61. The van der Waals surface area contributed by atoms with E-state index in [9.17, 15) is 9.59 Å². The van der Waals surface area contributed by atoms with E-state index in [4.69, 9.17) is 4.52 Å². The maximum Gasteiger partial charge on any atom is 0.294 e. The smallest absolute Gasteiger partial charge is 0.294 e. The average molecular weight is 230 g/mol. The van der Waals surface area contributed by atoms with Crippen molar-refractivity contribution >= 4 is 17.4 Å². The highest BCUT2D eigenvalue weighted by Gasteiger charge is 2.09. The first-order valence-electron chi connectivity index (χ1n) is 5.00. The van der Waals surface area contributed by atoms with E-state index in [1.165, 1.54) is 19.2 Å². The van der Waals surface area contributed by atoms with Gasteiger partial charge in [0.05, 0.1) is 6.20 Å². The van der Waals surface area contributed by atoms with E-state index in [1.54, 1.807) is 24.3 Å². The molecule has 0 aliphatic rings. The summed E-state index contributed by atoms with van der Waals surface area (Å²) in [5.41, 5.74) is 1.19. The minimum atomic E-state index is -0.377. The highest BCUT2D eigenvalue weighted by molar-refractivity contribution is 6.02. The van der Waals surface area contributed by atoms with Crippen LogP contribution in [0.15, 0.2) is 41.1 Å². The minimum Gasteiger partial charge on any atom is -0.351 e. The van der Waals surface area contributed by atoms with Gasteiger partial charge in [-0.15, -0.1) is 0 Å². The number of amides is 1. The van der Waals surface area contributed by atoms with Gasteiger partial charge >= 0.3 is 0 Å². The van der Waals surface area contributed by atoms with E-state index >= 15 is 0 Å². The standard InChI is InChI=1S/C12H10N2O3/c1-8(15)9-2-4-10(5-3-9)14-12(16)11-6-7-13-17-11/h2-7H,1H3,(H,14,16). The molecule has 2 rings (SSSR count). The largest absolute Gasteiger partial charge is 0.351 e. The van der Waals surface area contributed by atoms with Crippen LogP contribution >= 0.6 is 0 Å². The van der Waals surface area contributed by atoms with Gasteiger partial charge in [-0.3, -0.25) is 9.59 Å². The van der Waals surface area contributed by atoms with Crippen molar-refractivity contribution in [3.05, 3.63) is 47.9 Å². The van der Waals surface area contributed by atoms with Crippen LogP contribution in [-0.4, -0.2) is 16.8 Å². The lowest BCUT2D eigenvalue weighted by Crippen LogP contribution is -2.10. The first-order chi connectivity index (χ1) is 8.16. The average Bonchev–Trinajstić information content (AvgIpc) is 2.83. The highest BCUT2D eigenvalue weighted by atomic mass is 16.5. The molecular formula is C12H10N2O3. The molecule has 0 atom stereocenters. The van der Waals surface area contributed by atoms with Gasteiger partial charge in [-0.25, -0.2) is 0 Å². The molecule has 0 aliphatic heterocycles. The Morgan fingerprint density at radius 1 is 1.18 bits per heavy atom. The lowest BCUT2D eigenvalue weighted by atomic mass is 10.1. The maximum atomic E-state index is 11.6. The number of hydrogen-bond acceptors (Lipinski definition) is 4. The second-order valence-electron chi connectivity index (χ2n) is 3.46.